The highest BCUT2D eigenvalue weighted by Crippen LogP contribution is 2.17. The van der Waals surface area contributed by atoms with E-state index in [2.05, 4.69) is 95.7 Å². The van der Waals surface area contributed by atoms with E-state index in [4.69, 9.17) is 50.3 Å². The maximum absolute atomic E-state index is 14.7. The summed E-state index contributed by atoms with van der Waals surface area (Å²) in [4.78, 5) is 273. The molecule has 0 unspecified atom stereocenters. The van der Waals surface area contributed by atoms with Gasteiger partial charge in [0.05, 0.1) is 31.7 Å². The number of amides is 15. The third kappa shape index (κ3) is 46.2. The summed E-state index contributed by atoms with van der Waals surface area (Å²) < 4.78 is 0. The SMILES string of the molecule is CC(C)[C@H](N)C(=O)N[C@@H](CCCNC(=N)N)C(=O)N[C@H](C(=O)N[C@@H](CCCNC(=N)N)C(=O)N[C@H](C(=O)N[C@@H](CC(=O)O)C(=O)N[C@H](C(=O)N[C@@H](CC(=O)O)C(=O)N[C@H](C(=O)N[C@@H](CCCNC(=N)N)C(=O)N[C@H](C(=O)N[C@@H](CCCNC(=N)N)C(=O)N[C@H](C(=O)N[C@@H](CC(=O)O)C(=O)N[C@H](C(=O)N[C@@H](CC(=O)O)C(=O)O)C(C)C)C(C)C)C(C)C)C(C)C)C(C)C)C(C)C)C(C)C. The fraction of sp³-hybridized carbons (Fsp3) is 0.700. The molecule has 0 aromatic rings. The summed E-state index contributed by atoms with van der Waals surface area (Å²) in [5.41, 5.74) is 28.0. The van der Waals surface area contributed by atoms with Gasteiger partial charge in [-0.2, -0.15) is 0 Å². The number of carboxylic acid groups (broad SMARTS) is 5. The van der Waals surface area contributed by atoms with Crippen LogP contribution >= 0.6 is 0 Å². The number of carbonyl (C=O) groups is 20. The van der Waals surface area contributed by atoms with Gasteiger partial charge in [-0.1, -0.05) is 111 Å². The number of carbonyl (C=O) groups excluding carboxylic acids is 15. The Labute approximate surface area is 770 Å². The van der Waals surface area contributed by atoms with Crippen LogP contribution in [0.2, 0.25) is 0 Å². The summed E-state index contributed by atoms with van der Waals surface area (Å²) in [6.07, 6.45) is -5.24. The summed E-state index contributed by atoms with van der Waals surface area (Å²) in [6, 6.07) is -26.6. The predicted molar refractivity (Wildman–Crippen MR) is 479 cm³/mol. The van der Waals surface area contributed by atoms with Crippen LogP contribution in [0.3, 0.4) is 0 Å². The van der Waals surface area contributed by atoms with Crippen molar-refractivity contribution in [2.45, 2.75) is 284 Å². The first kappa shape index (κ1) is 119. The van der Waals surface area contributed by atoms with E-state index in [1.54, 1.807) is 27.7 Å². The van der Waals surface area contributed by atoms with Gasteiger partial charge in [-0.05, 0) is 98.7 Å². The van der Waals surface area contributed by atoms with Crippen molar-refractivity contribution < 1.29 is 121 Å². The maximum Gasteiger partial charge on any atom is 0.326 e. The zero-order valence-electron chi connectivity index (χ0n) is 78.0. The summed E-state index contributed by atoms with van der Waals surface area (Å²) in [7, 11) is 0. The predicted octanol–water partition coefficient (Wildman–Crippen LogP) is -8.13. The maximum atomic E-state index is 14.7. The van der Waals surface area contributed by atoms with E-state index in [0.717, 1.165) is 0 Å². The van der Waals surface area contributed by atoms with E-state index in [-0.39, 0.29) is 89.4 Å². The first-order chi connectivity index (χ1) is 61.6. The molecular weight excluding hydrogens is 1750 g/mol. The van der Waals surface area contributed by atoms with Gasteiger partial charge in [0, 0.05) is 26.2 Å². The summed E-state index contributed by atoms with van der Waals surface area (Å²) in [6.45, 7) is 23.6. The Balaban J connectivity index is 7.38. The number of rotatable bonds is 63. The lowest BCUT2D eigenvalue weighted by atomic mass is 9.99. The Hall–Kier alpha value is -13.6. The van der Waals surface area contributed by atoms with E-state index in [9.17, 15) is 121 Å². The molecule has 0 aliphatic heterocycles. The number of carboxylic acids is 5. The quantitative estimate of drug-likeness (QED) is 0.0153. The minimum atomic E-state index is -2.10. The second kappa shape index (κ2) is 59.7. The molecule has 38 N–H and O–H groups in total. The van der Waals surface area contributed by atoms with Gasteiger partial charge in [0.2, 0.25) is 88.6 Å². The molecule has 0 heterocycles. The van der Waals surface area contributed by atoms with Gasteiger partial charge in [-0.3, -0.25) is 113 Å². The van der Waals surface area contributed by atoms with Crippen LogP contribution in [-0.2, 0) is 95.9 Å². The highest BCUT2D eigenvalue weighted by atomic mass is 16.4. The van der Waals surface area contributed by atoms with Gasteiger partial charge in [0.25, 0.3) is 0 Å². The van der Waals surface area contributed by atoms with Crippen molar-refractivity contribution in [1.82, 2.24) is 101 Å². The molecule has 752 valence electrons. The third-order valence-electron chi connectivity index (χ3n) is 20.2. The molecule has 0 saturated carbocycles. The highest BCUT2D eigenvalue weighted by molar-refractivity contribution is 6.02. The third-order valence-corrected chi connectivity index (χ3v) is 20.2. The number of guanidine groups is 4. The van der Waals surface area contributed by atoms with E-state index >= 15 is 0 Å². The van der Waals surface area contributed by atoms with Crippen LogP contribution < -0.4 is 130 Å². The molecular formula is C80H142N28O25. The summed E-state index contributed by atoms with van der Waals surface area (Å²) in [5.74, 6) is -33.1. The Bertz CT molecular complexity index is 4070. The minimum absolute atomic E-state index is 0.0119. The molecule has 133 heavy (non-hydrogen) atoms. The first-order valence-corrected chi connectivity index (χ1v) is 43.4. The van der Waals surface area contributed by atoms with Crippen LogP contribution in [0.25, 0.3) is 0 Å². The van der Waals surface area contributed by atoms with E-state index in [0.29, 0.717) is 0 Å². The molecule has 0 bridgehead atoms. The van der Waals surface area contributed by atoms with Crippen molar-refractivity contribution in [3.05, 3.63) is 0 Å². The van der Waals surface area contributed by atoms with Crippen LogP contribution in [0.1, 0.15) is 188 Å². The van der Waals surface area contributed by atoms with Gasteiger partial charge in [0.1, 0.15) is 90.6 Å². The molecule has 0 aliphatic rings. The Morgan fingerprint density at radius 2 is 0.368 bits per heavy atom. The topological polar surface area (TPSA) is 897 Å². The van der Waals surface area contributed by atoms with Crippen LogP contribution in [-0.4, -0.2) is 291 Å². The Kier molecular flexibility index (Phi) is 53.6. The standard InChI is InChI=1S/C80H142N28O25/c1-33(2)53(81)68(124)94-41(21-17-25-90-77(82)83)61(117)102-54(34(3)4)69(125)95-43(23-19-27-92-79(86)87)63(119)104-57(37(9)10)72(128)98-46(30-50(111)112)66(122)107-59(39(13)14)74(130)100-45(29-49(109)110)65(121)106-56(36(7)8)71(127)97-42(22-18-26-91-78(84)85)62(118)103-55(35(5)6)70(126)96-44(24-20-28-93-80(88)89)64(120)105-58(38(11)12)73(129)99-47(31-51(113)114)67(123)108-60(40(15)16)75(131)101-48(76(132)133)32-52(115)116/h33-48,53-60H,17-32,81H2,1-16H3,(H,94,124)(H,95,125)(H,96,126)(H,97,127)(H,98,128)(H,99,129)(H,100,130)(H,101,131)(H,102,117)(H,103,118)(H,104,119)(H,105,120)(H,106,121)(H,107,122)(H,108,123)(H,109,110)(H,111,112)(H,113,114)(H,115,116)(H,132,133)(H4,82,83,90)(H4,84,85,91)(H4,86,87,92)(H4,88,89,93)/t41-,42-,43-,44-,45-,46-,47-,48-,53-,54-,55-,56-,57-,58-,59-,60-/m0/s1. The van der Waals surface area contributed by atoms with Crippen LogP contribution in [0, 0.1) is 69.0 Å². The van der Waals surface area contributed by atoms with E-state index in [1.807, 2.05) is 5.32 Å². The highest BCUT2D eigenvalue weighted by Gasteiger charge is 2.42. The molecule has 0 aromatic heterocycles. The zero-order valence-corrected chi connectivity index (χ0v) is 78.0. The lowest BCUT2D eigenvalue weighted by Gasteiger charge is -2.30. The molecule has 0 spiro atoms. The minimum Gasteiger partial charge on any atom is -0.481 e. The normalized spacial score (nSPS) is 14.8. The molecule has 0 saturated heterocycles. The van der Waals surface area contributed by atoms with Crippen molar-refractivity contribution in [3.63, 3.8) is 0 Å². The number of hydrogen-bond donors (Lipinski definition) is 33. The average Bonchev–Trinajstić information content (AvgIpc) is 0.848. The molecule has 0 rings (SSSR count). The second-order valence-electron chi connectivity index (χ2n) is 34.5. The van der Waals surface area contributed by atoms with Gasteiger partial charge in [0.15, 0.2) is 23.8 Å². The van der Waals surface area contributed by atoms with Gasteiger partial charge in [-0.15, -0.1) is 0 Å². The van der Waals surface area contributed by atoms with Gasteiger partial charge < -0.3 is 155 Å². The summed E-state index contributed by atoms with van der Waals surface area (Å²) in [5, 5.41) is 126. The Morgan fingerprint density at radius 1 is 0.218 bits per heavy atom. The molecule has 0 fully saturated rings. The second-order valence-corrected chi connectivity index (χ2v) is 34.5. The van der Waals surface area contributed by atoms with Crippen molar-refractivity contribution in [2.75, 3.05) is 26.2 Å². The lowest BCUT2D eigenvalue weighted by molar-refractivity contribution is -0.147. The van der Waals surface area contributed by atoms with E-state index < -0.39 is 300 Å². The van der Waals surface area contributed by atoms with Crippen molar-refractivity contribution >= 4 is 142 Å². The fourth-order valence-electron chi connectivity index (χ4n) is 12.6. The lowest BCUT2D eigenvalue weighted by Crippen LogP contribution is -2.63. The number of nitrogens with two attached hydrogens (primary N) is 5. The molecule has 53 heteroatoms. The van der Waals surface area contributed by atoms with Crippen LogP contribution in [0.5, 0.6) is 0 Å². The van der Waals surface area contributed by atoms with Gasteiger partial charge >= 0.3 is 29.8 Å². The zero-order chi connectivity index (χ0) is 102. The smallest absolute Gasteiger partial charge is 0.326 e. The first-order valence-electron chi connectivity index (χ1n) is 43.4. The number of hydrogen-bond acceptors (Lipinski definition) is 25. The van der Waals surface area contributed by atoms with Crippen LogP contribution in [0.15, 0.2) is 0 Å². The molecule has 0 radical (unpaired) electrons. The number of nitrogens with one attached hydrogen (secondary N) is 23. The average molecular weight is 1900 g/mol. The fourth-order valence-corrected chi connectivity index (χ4v) is 12.6. The van der Waals surface area contributed by atoms with Crippen LogP contribution in [0.4, 0.5) is 0 Å². The molecule has 0 aliphatic carbocycles. The molecule has 15 amide bonds. The monoisotopic (exact) mass is 1900 g/mol. The van der Waals surface area contributed by atoms with Crippen molar-refractivity contribution in [3.8, 4) is 0 Å². The molecule has 0 aromatic carbocycles. The Morgan fingerprint density at radius 3 is 0.519 bits per heavy atom. The van der Waals surface area contributed by atoms with Crippen molar-refractivity contribution in [1.29, 1.82) is 21.6 Å². The molecule has 16 atom stereocenters. The van der Waals surface area contributed by atoms with Gasteiger partial charge in [-0.25, -0.2) is 4.79 Å². The molecule has 53 nitrogen and oxygen atoms in total. The largest absolute Gasteiger partial charge is 0.481 e. The van der Waals surface area contributed by atoms with Crippen molar-refractivity contribution in [2.24, 2.45) is 76.0 Å². The summed E-state index contributed by atoms with van der Waals surface area (Å²) >= 11 is 0. The van der Waals surface area contributed by atoms with E-state index in [1.165, 1.54) is 83.1 Å². The number of aliphatic carboxylic acids is 5.